The van der Waals surface area contributed by atoms with E-state index in [2.05, 4.69) is 0 Å². The van der Waals surface area contributed by atoms with Crippen molar-refractivity contribution >= 4 is 17.7 Å². The summed E-state index contributed by atoms with van der Waals surface area (Å²) in [4.78, 5) is 35.1. The van der Waals surface area contributed by atoms with E-state index in [1.807, 2.05) is 0 Å². The van der Waals surface area contributed by atoms with E-state index in [0.29, 0.717) is 11.4 Å². The molecule has 0 N–H and O–H groups in total. The summed E-state index contributed by atoms with van der Waals surface area (Å²) >= 11 is 1.34. The molecule has 24 heavy (non-hydrogen) atoms. The molecular weight excluding hydrogens is 335 g/mol. The largest absolute Gasteiger partial charge is 0.459 e. The highest BCUT2D eigenvalue weighted by Gasteiger charge is 2.09. The molecular formula is C16H17FN2O4S. The Kier molecular flexibility index (Phi) is 5.97. The van der Waals surface area contributed by atoms with Crippen LogP contribution in [0.15, 0.2) is 39.9 Å². The van der Waals surface area contributed by atoms with Crippen molar-refractivity contribution in [3.05, 3.63) is 68.2 Å². The minimum Gasteiger partial charge on any atom is -0.459 e. The lowest BCUT2D eigenvalue weighted by atomic mass is 10.2. The molecule has 128 valence electrons. The van der Waals surface area contributed by atoms with Gasteiger partial charge in [0.2, 0.25) is 0 Å². The van der Waals surface area contributed by atoms with Crippen molar-refractivity contribution in [3.63, 3.8) is 0 Å². The molecule has 2 aromatic rings. The first kappa shape index (κ1) is 18.0. The fraction of sp³-hybridized carbons (Fsp3) is 0.312. The molecule has 1 aromatic carbocycles. The Bertz CT molecular complexity index is 843. The number of ether oxygens (including phenoxy) is 1. The third-order valence-corrected chi connectivity index (χ3v) is 4.39. The fourth-order valence-corrected chi connectivity index (χ4v) is 2.73. The zero-order valence-electron chi connectivity index (χ0n) is 13.3. The van der Waals surface area contributed by atoms with E-state index in [4.69, 9.17) is 4.74 Å². The Morgan fingerprint density at radius 2 is 1.83 bits per heavy atom. The summed E-state index contributed by atoms with van der Waals surface area (Å²) in [6, 6.07) is 7.31. The second-order valence-electron chi connectivity index (χ2n) is 5.15. The quantitative estimate of drug-likeness (QED) is 0.731. The van der Waals surface area contributed by atoms with Crippen molar-refractivity contribution in [2.75, 3.05) is 5.75 Å². The number of carbonyl (C=O) groups is 1. The molecule has 0 aliphatic heterocycles. The first-order valence-corrected chi connectivity index (χ1v) is 8.27. The van der Waals surface area contributed by atoms with Crippen LogP contribution in [0.2, 0.25) is 0 Å². The zero-order valence-corrected chi connectivity index (χ0v) is 14.1. The predicted octanol–water partition coefficient (Wildman–Crippen LogP) is 1.20. The normalized spacial score (nSPS) is 10.6. The number of halogens is 1. The van der Waals surface area contributed by atoms with Gasteiger partial charge in [-0.3, -0.25) is 18.7 Å². The van der Waals surface area contributed by atoms with Crippen molar-refractivity contribution in [2.24, 2.45) is 14.1 Å². The van der Waals surface area contributed by atoms with Crippen molar-refractivity contribution in [3.8, 4) is 0 Å². The molecule has 6 nitrogen and oxygen atoms in total. The number of thioether (sulfide) groups is 1. The maximum atomic E-state index is 12.8. The third-order valence-electron chi connectivity index (χ3n) is 3.41. The summed E-state index contributed by atoms with van der Waals surface area (Å²) < 4.78 is 20.1. The van der Waals surface area contributed by atoms with E-state index in [0.717, 1.165) is 10.1 Å². The van der Waals surface area contributed by atoms with Crippen LogP contribution in [-0.2, 0) is 36.0 Å². The Labute approximate surface area is 141 Å². The standard InChI is InChI=1S/C16H17FN2O4S/c1-18-13(7-14(20)19(2)16(18)22)8-23-15(21)10-24-9-11-3-5-12(17)6-4-11/h3-7H,8-10H2,1-2H3. The Balaban J connectivity index is 1.84. The van der Waals surface area contributed by atoms with Gasteiger partial charge in [0, 0.05) is 25.9 Å². The number of hydrogen-bond donors (Lipinski definition) is 0. The number of hydrogen-bond acceptors (Lipinski definition) is 5. The summed E-state index contributed by atoms with van der Waals surface area (Å²) in [5.41, 5.74) is 0.317. The second kappa shape index (κ2) is 7.96. The van der Waals surface area contributed by atoms with Crippen LogP contribution in [0, 0.1) is 5.82 Å². The zero-order chi connectivity index (χ0) is 17.7. The molecule has 1 aromatic heterocycles. The first-order valence-electron chi connectivity index (χ1n) is 7.12. The van der Waals surface area contributed by atoms with Crippen LogP contribution in [0.25, 0.3) is 0 Å². The van der Waals surface area contributed by atoms with E-state index >= 15 is 0 Å². The molecule has 2 rings (SSSR count). The third kappa shape index (κ3) is 4.58. The molecule has 0 saturated carbocycles. The first-order chi connectivity index (χ1) is 11.4. The minimum absolute atomic E-state index is 0.121. The molecule has 0 aliphatic carbocycles. The molecule has 0 unspecified atom stereocenters. The Morgan fingerprint density at radius 1 is 1.17 bits per heavy atom. The van der Waals surface area contributed by atoms with Gasteiger partial charge in [-0.1, -0.05) is 12.1 Å². The maximum absolute atomic E-state index is 12.8. The van der Waals surface area contributed by atoms with Gasteiger partial charge in [0.25, 0.3) is 5.56 Å². The van der Waals surface area contributed by atoms with Crippen LogP contribution in [0.4, 0.5) is 4.39 Å². The molecule has 0 aliphatic rings. The smallest absolute Gasteiger partial charge is 0.330 e. The minimum atomic E-state index is -0.473. The molecule has 0 radical (unpaired) electrons. The van der Waals surface area contributed by atoms with E-state index < -0.39 is 17.2 Å². The fourth-order valence-electron chi connectivity index (χ4n) is 1.95. The lowest BCUT2D eigenvalue weighted by Crippen LogP contribution is -2.38. The van der Waals surface area contributed by atoms with Gasteiger partial charge in [0.05, 0.1) is 11.4 Å². The van der Waals surface area contributed by atoms with E-state index in [9.17, 15) is 18.8 Å². The molecule has 0 amide bonds. The number of rotatable bonds is 6. The van der Waals surface area contributed by atoms with Gasteiger partial charge in [-0.2, -0.15) is 0 Å². The van der Waals surface area contributed by atoms with E-state index in [1.165, 1.54) is 48.6 Å². The van der Waals surface area contributed by atoms with Crippen LogP contribution >= 0.6 is 11.8 Å². The molecule has 1 heterocycles. The highest BCUT2D eigenvalue weighted by atomic mass is 32.2. The molecule has 0 spiro atoms. The topological polar surface area (TPSA) is 70.3 Å². The van der Waals surface area contributed by atoms with Gasteiger partial charge in [-0.15, -0.1) is 11.8 Å². The van der Waals surface area contributed by atoms with Gasteiger partial charge in [-0.25, -0.2) is 9.18 Å². The predicted molar refractivity (Wildman–Crippen MR) is 89.3 cm³/mol. The van der Waals surface area contributed by atoms with Gasteiger partial charge in [0.1, 0.15) is 12.4 Å². The van der Waals surface area contributed by atoms with Crippen LogP contribution < -0.4 is 11.2 Å². The van der Waals surface area contributed by atoms with Crippen LogP contribution in [0.5, 0.6) is 0 Å². The number of carbonyl (C=O) groups excluding carboxylic acids is 1. The van der Waals surface area contributed by atoms with Gasteiger partial charge < -0.3 is 4.74 Å². The maximum Gasteiger partial charge on any atom is 0.330 e. The van der Waals surface area contributed by atoms with E-state index in [-0.39, 0.29) is 18.2 Å². The van der Waals surface area contributed by atoms with Gasteiger partial charge in [-0.05, 0) is 17.7 Å². The van der Waals surface area contributed by atoms with Crippen molar-refractivity contribution in [1.29, 1.82) is 0 Å². The average Bonchev–Trinajstić information content (AvgIpc) is 2.57. The highest BCUT2D eigenvalue weighted by Crippen LogP contribution is 2.13. The summed E-state index contributed by atoms with van der Waals surface area (Å²) in [5.74, 6) is -0.0753. The molecule has 8 heteroatoms. The Morgan fingerprint density at radius 3 is 2.50 bits per heavy atom. The van der Waals surface area contributed by atoms with Crippen molar-refractivity contribution < 1.29 is 13.9 Å². The van der Waals surface area contributed by atoms with Crippen molar-refractivity contribution in [2.45, 2.75) is 12.4 Å². The van der Waals surface area contributed by atoms with Crippen LogP contribution in [0.3, 0.4) is 0 Å². The molecule has 0 atom stereocenters. The highest BCUT2D eigenvalue weighted by molar-refractivity contribution is 7.99. The average molecular weight is 352 g/mol. The molecule has 0 bridgehead atoms. The second-order valence-corrected chi connectivity index (χ2v) is 6.14. The lowest BCUT2D eigenvalue weighted by Gasteiger charge is -2.10. The number of nitrogens with zero attached hydrogens (tertiary/aromatic N) is 2. The monoisotopic (exact) mass is 352 g/mol. The SMILES string of the molecule is Cn1c(COC(=O)CSCc2ccc(F)cc2)cc(=O)n(C)c1=O. The Hall–Kier alpha value is -2.35. The summed E-state index contributed by atoms with van der Waals surface area (Å²) in [7, 11) is 2.89. The van der Waals surface area contributed by atoms with Crippen LogP contribution in [-0.4, -0.2) is 20.9 Å². The van der Waals surface area contributed by atoms with Gasteiger partial charge in [0.15, 0.2) is 0 Å². The molecule has 0 fully saturated rings. The number of benzene rings is 1. The number of esters is 1. The van der Waals surface area contributed by atoms with Crippen LogP contribution in [0.1, 0.15) is 11.3 Å². The number of aromatic nitrogens is 2. The summed E-state index contributed by atoms with van der Waals surface area (Å²) in [6.45, 7) is -0.141. The lowest BCUT2D eigenvalue weighted by molar-refractivity contribution is -0.141. The van der Waals surface area contributed by atoms with Crippen molar-refractivity contribution in [1.82, 2.24) is 9.13 Å². The summed E-state index contributed by atoms with van der Waals surface area (Å²) in [5, 5.41) is 0. The van der Waals surface area contributed by atoms with E-state index in [1.54, 1.807) is 12.1 Å². The van der Waals surface area contributed by atoms with Gasteiger partial charge >= 0.3 is 11.7 Å². The summed E-state index contributed by atoms with van der Waals surface area (Å²) in [6.07, 6.45) is 0. The molecule has 0 saturated heterocycles.